The molecule has 0 amide bonds. The topological polar surface area (TPSA) is 55.0 Å². The zero-order valence-electron chi connectivity index (χ0n) is 12.2. The lowest BCUT2D eigenvalue weighted by Gasteiger charge is -2.32. The number of nitrogen functional groups attached to an aromatic ring is 1. The van der Waals surface area contributed by atoms with E-state index in [4.69, 9.17) is 5.73 Å². The molecule has 0 spiro atoms. The molecule has 0 bridgehead atoms. The number of aromatic nitrogens is 2. The molecule has 0 radical (unpaired) electrons. The Morgan fingerprint density at radius 1 is 1.36 bits per heavy atom. The molecule has 0 aliphatic carbocycles. The fourth-order valence-electron chi connectivity index (χ4n) is 2.95. The lowest BCUT2D eigenvalue weighted by Crippen LogP contribution is -2.34. The predicted molar refractivity (Wildman–Crippen MR) is 87.8 cm³/mol. The van der Waals surface area contributed by atoms with Crippen molar-refractivity contribution in [2.45, 2.75) is 25.3 Å². The van der Waals surface area contributed by atoms with Crippen molar-refractivity contribution in [2.75, 3.05) is 18.8 Å². The Labute approximate surface area is 137 Å². The maximum atomic E-state index is 14.0. The quantitative estimate of drug-likeness (QED) is 0.907. The Bertz CT molecular complexity index is 664. The average Bonchev–Trinajstić information content (AvgIpc) is 2.50. The van der Waals surface area contributed by atoms with Gasteiger partial charge < -0.3 is 5.73 Å². The van der Waals surface area contributed by atoms with Crippen molar-refractivity contribution in [2.24, 2.45) is 0 Å². The second-order valence-electron chi connectivity index (χ2n) is 5.65. The summed E-state index contributed by atoms with van der Waals surface area (Å²) in [6, 6.07) is 7.16. The largest absolute Gasteiger partial charge is 0.368 e. The van der Waals surface area contributed by atoms with Crippen molar-refractivity contribution < 1.29 is 4.39 Å². The van der Waals surface area contributed by atoms with Gasteiger partial charge in [0.05, 0.1) is 5.69 Å². The number of nitrogens with two attached hydrogens (primary N) is 1. The van der Waals surface area contributed by atoms with E-state index in [2.05, 4.69) is 30.8 Å². The molecule has 2 aromatic rings. The summed E-state index contributed by atoms with van der Waals surface area (Å²) < 4.78 is 14.8. The monoisotopic (exact) mass is 364 g/mol. The molecule has 1 saturated heterocycles. The Hall–Kier alpha value is -1.53. The first-order valence-corrected chi connectivity index (χ1v) is 8.16. The first kappa shape index (κ1) is 15.4. The van der Waals surface area contributed by atoms with Gasteiger partial charge in [0, 0.05) is 35.2 Å². The summed E-state index contributed by atoms with van der Waals surface area (Å²) in [5.74, 6) is 0.480. The van der Waals surface area contributed by atoms with Gasteiger partial charge in [-0.05, 0) is 37.6 Å². The van der Waals surface area contributed by atoms with Gasteiger partial charge in [0.1, 0.15) is 5.82 Å². The first-order valence-electron chi connectivity index (χ1n) is 7.36. The second kappa shape index (κ2) is 6.71. The molecule has 1 atom stereocenters. The van der Waals surface area contributed by atoms with Gasteiger partial charge >= 0.3 is 0 Å². The molecule has 22 heavy (non-hydrogen) atoms. The van der Waals surface area contributed by atoms with Crippen LogP contribution in [0.3, 0.4) is 0 Å². The summed E-state index contributed by atoms with van der Waals surface area (Å²) in [6.45, 7) is 2.47. The van der Waals surface area contributed by atoms with Crippen molar-refractivity contribution in [1.82, 2.24) is 14.9 Å². The molecule has 2 heterocycles. The van der Waals surface area contributed by atoms with Gasteiger partial charge in [0.2, 0.25) is 5.95 Å². The summed E-state index contributed by atoms with van der Waals surface area (Å²) in [4.78, 5) is 10.5. The molecule has 3 rings (SSSR count). The van der Waals surface area contributed by atoms with Crippen molar-refractivity contribution in [3.05, 3.63) is 52.0 Å². The molecule has 2 N–H and O–H groups in total. The van der Waals surface area contributed by atoms with Gasteiger partial charge in [-0.2, -0.15) is 0 Å². The van der Waals surface area contributed by atoms with E-state index in [0.29, 0.717) is 18.4 Å². The van der Waals surface area contributed by atoms with Crippen molar-refractivity contribution in [3.63, 3.8) is 0 Å². The summed E-state index contributed by atoms with van der Waals surface area (Å²) in [5.41, 5.74) is 7.38. The third-order valence-electron chi connectivity index (χ3n) is 4.03. The van der Waals surface area contributed by atoms with Crippen LogP contribution in [0.15, 0.2) is 34.9 Å². The Morgan fingerprint density at radius 2 is 2.23 bits per heavy atom. The van der Waals surface area contributed by atoms with Crippen molar-refractivity contribution >= 4 is 21.9 Å². The minimum Gasteiger partial charge on any atom is -0.368 e. The highest BCUT2D eigenvalue weighted by Gasteiger charge is 2.23. The number of rotatable bonds is 3. The lowest BCUT2D eigenvalue weighted by atomic mass is 9.94. The third kappa shape index (κ3) is 3.62. The van der Waals surface area contributed by atoms with E-state index in [1.165, 1.54) is 6.07 Å². The van der Waals surface area contributed by atoms with E-state index in [0.717, 1.165) is 41.7 Å². The Morgan fingerprint density at radius 3 is 3.00 bits per heavy atom. The van der Waals surface area contributed by atoms with Crippen LogP contribution in [0, 0.1) is 5.82 Å². The molecular weight excluding hydrogens is 347 g/mol. The number of nitrogens with zero attached hydrogens (tertiary/aromatic N) is 3. The fourth-order valence-corrected chi connectivity index (χ4v) is 3.28. The minimum atomic E-state index is -0.164. The second-order valence-corrected chi connectivity index (χ2v) is 6.57. The van der Waals surface area contributed by atoms with Crippen LogP contribution < -0.4 is 5.73 Å². The minimum absolute atomic E-state index is 0.164. The van der Waals surface area contributed by atoms with Crippen LogP contribution in [0.25, 0.3) is 0 Å². The molecule has 0 unspecified atom stereocenters. The van der Waals surface area contributed by atoms with Crippen LogP contribution in [0.5, 0.6) is 0 Å². The summed E-state index contributed by atoms with van der Waals surface area (Å²) in [5, 5.41) is 0. The molecule has 1 aliphatic rings. The number of halogens is 2. The van der Waals surface area contributed by atoms with E-state index in [1.807, 2.05) is 18.2 Å². The molecular formula is C16H18BrFN4. The van der Waals surface area contributed by atoms with Crippen LogP contribution in [0.1, 0.15) is 30.0 Å². The Kier molecular flexibility index (Phi) is 4.69. The summed E-state index contributed by atoms with van der Waals surface area (Å²) in [7, 11) is 0. The standard InChI is InChI=1S/C16H18BrFN4/c17-13-4-3-11(14(18)8-13)9-22-7-1-2-12(10-22)15-5-6-20-16(19)21-15/h3-6,8,12H,1-2,7,9-10H2,(H2,19,20,21)/t12-/m1/s1. The van der Waals surface area contributed by atoms with Crippen LogP contribution >= 0.6 is 15.9 Å². The summed E-state index contributed by atoms with van der Waals surface area (Å²) in [6.07, 6.45) is 3.85. The Balaban J connectivity index is 1.70. The van der Waals surface area contributed by atoms with Gasteiger partial charge in [-0.25, -0.2) is 14.4 Å². The van der Waals surface area contributed by atoms with Crippen molar-refractivity contribution in [1.29, 1.82) is 0 Å². The van der Waals surface area contributed by atoms with Gasteiger partial charge in [-0.15, -0.1) is 0 Å². The predicted octanol–water partition coefficient (Wildman–Crippen LogP) is 3.34. The first-order chi connectivity index (χ1) is 10.6. The van der Waals surface area contributed by atoms with Crippen molar-refractivity contribution in [3.8, 4) is 0 Å². The zero-order chi connectivity index (χ0) is 15.5. The van der Waals surface area contributed by atoms with E-state index >= 15 is 0 Å². The molecule has 4 nitrogen and oxygen atoms in total. The van der Waals surface area contributed by atoms with Gasteiger partial charge in [0.25, 0.3) is 0 Å². The zero-order valence-corrected chi connectivity index (χ0v) is 13.8. The SMILES string of the molecule is Nc1nccc([C@@H]2CCCN(Cc3ccc(Br)cc3F)C2)n1. The number of hydrogen-bond acceptors (Lipinski definition) is 4. The maximum Gasteiger partial charge on any atom is 0.220 e. The fraction of sp³-hybridized carbons (Fsp3) is 0.375. The van der Waals surface area contributed by atoms with Crippen LogP contribution in [-0.4, -0.2) is 28.0 Å². The van der Waals surface area contributed by atoms with E-state index in [-0.39, 0.29) is 5.82 Å². The maximum absolute atomic E-state index is 14.0. The highest BCUT2D eigenvalue weighted by Crippen LogP contribution is 2.27. The molecule has 116 valence electrons. The number of benzene rings is 1. The molecule has 1 fully saturated rings. The van der Waals surface area contributed by atoms with Gasteiger partial charge in [-0.3, -0.25) is 4.90 Å². The average molecular weight is 365 g/mol. The molecule has 6 heteroatoms. The number of likely N-dealkylation sites (tertiary alicyclic amines) is 1. The molecule has 1 aromatic carbocycles. The molecule has 1 aliphatic heterocycles. The van der Waals surface area contributed by atoms with E-state index in [9.17, 15) is 4.39 Å². The van der Waals surface area contributed by atoms with Crippen LogP contribution in [-0.2, 0) is 6.54 Å². The number of anilines is 1. The lowest BCUT2D eigenvalue weighted by molar-refractivity contribution is 0.196. The number of hydrogen-bond donors (Lipinski definition) is 1. The molecule has 1 aromatic heterocycles. The third-order valence-corrected chi connectivity index (χ3v) is 4.52. The van der Waals surface area contributed by atoms with Crippen LogP contribution in [0.4, 0.5) is 10.3 Å². The van der Waals surface area contributed by atoms with Crippen LogP contribution in [0.2, 0.25) is 0 Å². The normalized spacial score (nSPS) is 19.3. The van der Waals surface area contributed by atoms with E-state index in [1.54, 1.807) is 6.20 Å². The highest BCUT2D eigenvalue weighted by molar-refractivity contribution is 9.10. The van der Waals surface area contributed by atoms with Gasteiger partial charge in [0.15, 0.2) is 0 Å². The van der Waals surface area contributed by atoms with Gasteiger partial charge in [-0.1, -0.05) is 22.0 Å². The van der Waals surface area contributed by atoms with E-state index < -0.39 is 0 Å². The molecule has 0 saturated carbocycles. The highest BCUT2D eigenvalue weighted by atomic mass is 79.9. The smallest absolute Gasteiger partial charge is 0.220 e. The number of piperidine rings is 1. The summed E-state index contributed by atoms with van der Waals surface area (Å²) >= 11 is 3.29.